The standard InChI is InChI=1S/C29H36N6O4/c1-18(25-11-24(39-17-29(2,3)37)16-34-27(25)20(12-30)13-32-34)6-7-26(31-4)33-14-21-10-22(15-33)35(21)28(36)19-8-23(9-19)38-5/h6-7,11,13,16,19,21-23,37H,1,8-10,14-15,17H2,2-5H3/b7-6-,31-26?. The van der Waals surface area contributed by atoms with Crippen molar-refractivity contribution in [3.8, 4) is 11.8 Å². The predicted molar refractivity (Wildman–Crippen MR) is 147 cm³/mol. The van der Waals surface area contributed by atoms with Crippen molar-refractivity contribution >= 4 is 22.8 Å². The number of carbonyl (C=O) groups is 1. The third-order valence-electron chi connectivity index (χ3n) is 7.86. The highest BCUT2D eigenvalue weighted by molar-refractivity contribution is 5.97. The molecule has 4 aliphatic rings. The molecule has 1 amide bonds. The van der Waals surface area contributed by atoms with Crippen LogP contribution in [0.2, 0.25) is 0 Å². The van der Waals surface area contributed by atoms with Gasteiger partial charge in [0.05, 0.1) is 47.3 Å². The highest BCUT2D eigenvalue weighted by Crippen LogP contribution is 2.39. The Morgan fingerprint density at radius 3 is 2.64 bits per heavy atom. The Morgan fingerprint density at radius 2 is 2.03 bits per heavy atom. The molecular formula is C29H36N6O4. The van der Waals surface area contributed by atoms with Crippen LogP contribution in [0.1, 0.15) is 44.2 Å². The molecule has 6 rings (SSSR count). The van der Waals surface area contributed by atoms with Crippen LogP contribution in [0, 0.1) is 17.2 Å². The van der Waals surface area contributed by atoms with Gasteiger partial charge >= 0.3 is 0 Å². The van der Waals surface area contributed by atoms with E-state index in [2.05, 4.69) is 32.5 Å². The number of aliphatic hydroxyl groups is 1. The maximum Gasteiger partial charge on any atom is 0.226 e. The Balaban J connectivity index is 1.29. The van der Waals surface area contributed by atoms with Gasteiger partial charge in [0.25, 0.3) is 0 Å². The van der Waals surface area contributed by atoms with Crippen molar-refractivity contribution in [3.63, 3.8) is 0 Å². The highest BCUT2D eigenvalue weighted by atomic mass is 16.5. The Labute approximate surface area is 228 Å². The van der Waals surface area contributed by atoms with E-state index >= 15 is 0 Å². The molecule has 2 aromatic rings. The van der Waals surface area contributed by atoms with Crippen molar-refractivity contribution in [1.82, 2.24) is 19.4 Å². The monoisotopic (exact) mass is 532 g/mol. The third kappa shape index (κ3) is 5.29. The van der Waals surface area contributed by atoms with Gasteiger partial charge in [-0.1, -0.05) is 12.7 Å². The number of aromatic nitrogens is 2. The van der Waals surface area contributed by atoms with Crippen LogP contribution in [0.3, 0.4) is 0 Å². The van der Waals surface area contributed by atoms with Gasteiger partial charge in [0, 0.05) is 38.7 Å². The van der Waals surface area contributed by atoms with Crippen molar-refractivity contribution < 1.29 is 19.4 Å². The summed E-state index contributed by atoms with van der Waals surface area (Å²) in [5.74, 6) is 1.69. The van der Waals surface area contributed by atoms with Gasteiger partial charge in [-0.2, -0.15) is 10.4 Å². The Bertz CT molecular complexity index is 1360. The van der Waals surface area contributed by atoms with E-state index in [1.165, 1.54) is 6.20 Å². The second-order valence-electron chi connectivity index (χ2n) is 11.3. The minimum Gasteiger partial charge on any atom is -0.489 e. The van der Waals surface area contributed by atoms with Gasteiger partial charge in [-0.15, -0.1) is 0 Å². The molecule has 0 radical (unpaired) electrons. The zero-order valence-electron chi connectivity index (χ0n) is 23.0. The van der Waals surface area contributed by atoms with E-state index in [1.54, 1.807) is 38.7 Å². The molecule has 0 spiro atoms. The van der Waals surface area contributed by atoms with Gasteiger partial charge in [0.1, 0.15) is 24.3 Å². The maximum atomic E-state index is 13.0. The van der Waals surface area contributed by atoms with Crippen molar-refractivity contribution in [2.24, 2.45) is 10.9 Å². The van der Waals surface area contributed by atoms with Crippen LogP contribution in [0.25, 0.3) is 11.1 Å². The lowest BCUT2D eigenvalue weighted by atomic mass is 9.78. The molecule has 1 N–H and O–H groups in total. The van der Waals surface area contributed by atoms with Gasteiger partial charge in [-0.25, -0.2) is 4.52 Å². The number of hydrogen-bond acceptors (Lipinski definition) is 7. The Morgan fingerprint density at radius 1 is 1.31 bits per heavy atom. The molecule has 39 heavy (non-hydrogen) atoms. The molecule has 1 saturated carbocycles. The van der Waals surface area contributed by atoms with Crippen molar-refractivity contribution in [2.45, 2.75) is 56.9 Å². The first-order valence-electron chi connectivity index (χ1n) is 13.3. The van der Waals surface area contributed by atoms with E-state index in [4.69, 9.17) is 9.47 Å². The molecule has 5 heterocycles. The summed E-state index contributed by atoms with van der Waals surface area (Å²) in [7, 11) is 3.47. The smallest absolute Gasteiger partial charge is 0.226 e. The van der Waals surface area contributed by atoms with E-state index in [-0.39, 0.29) is 36.6 Å². The van der Waals surface area contributed by atoms with Crippen LogP contribution in [0.5, 0.6) is 5.75 Å². The first kappa shape index (κ1) is 26.9. The van der Waals surface area contributed by atoms with Crippen LogP contribution < -0.4 is 4.74 Å². The summed E-state index contributed by atoms with van der Waals surface area (Å²) >= 11 is 0. The lowest BCUT2D eigenvalue weighted by Gasteiger charge is -2.58. The minimum atomic E-state index is -1.000. The number of ether oxygens (including phenoxy) is 2. The van der Waals surface area contributed by atoms with Crippen LogP contribution in [-0.2, 0) is 9.53 Å². The van der Waals surface area contributed by atoms with E-state index in [0.717, 1.165) is 38.2 Å². The second kappa shape index (κ2) is 10.5. The normalized spacial score (nSPS) is 24.9. The molecule has 206 valence electrons. The number of fused-ring (bicyclic) bond motifs is 3. The first-order chi connectivity index (χ1) is 18.6. The number of pyridine rings is 1. The average molecular weight is 533 g/mol. The number of methoxy groups -OCH3 is 1. The molecule has 2 atom stereocenters. The van der Waals surface area contributed by atoms with E-state index in [0.29, 0.717) is 28.0 Å². The largest absolute Gasteiger partial charge is 0.489 e. The third-order valence-corrected chi connectivity index (χ3v) is 7.86. The van der Waals surface area contributed by atoms with Crippen LogP contribution in [0.15, 0.2) is 42.2 Å². The summed E-state index contributed by atoms with van der Waals surface area (Å²) < 4.78 is 12.8. The predicted octanol–water partition coefficient (Wildman–Crippen LogP) is 2.66. The van der Waals surface area contributed by atoms with E-state index in [9.17, 15) is 15.2 Å². The first-order valence-corrected chi connectivity index (χ1v) is 13.3. The summed E-state index contributed by atoms with van der Waals surface area (Å²) in [6.07, 6.45) is 9.91. The molecule has 10 nitrogen and oxygen atoms in total. The summed E-state index contributed by atoms with van der Waals surface area (Å²) in [6, 6.07) is 4.42. The van der Waals surface area contributed by atoms with Crippen LogP contribution in [-0.4, -0.2) is 93.9 Å². The molecule has 4 fully saturated rings. The fourth-order valence-corrected chi connectivity index (χ4v) is 5.68. The molecule has 2 unspecified atom stereocenters. The zero-order valence-corrected chi connectivity index (χ0v) is 23.0. The van der Waals surface area contributed by atoms with E-state index < -0.39 is 5.60 Å². The topological polar surface area (TPSA) is 116 Å². The van der Waals surface area contributed by atoms with Gasteiger partial charge in [-0.3, -0.25) is 9.79 Å². The summed E-state index contributed by atoms with van der Waals surface area (Å²) in [4.78, 5) is 21.8. The summed E-state index contributed by atoms with van der Waals surface area (Å²) in [6.45, 7) is 9.20. The Hall–Kier alpha value is -3.68. The van der Waals surface area contributed by atoms with Crippen molar-refractivity contribution in [1.29, 1.82) is 5.26 Å². The molecule has 2 aromatic heterocycles. The molecule has 1 aliphatic carbocycles. The summed E-state index contributed by atoms with van der Waals surface area (Å²) in [5.41, 5.74) is 1.45. The number of nitrogens with zero attached hydrogens (tertiary/aromatic N) is 6. The SMILES string of the molecule is C=C(/C=C\C(=NC)N1CC2CC(C1)N2C(=O)C1CC(OC)C1)c1cc(OCC(C)(C)O)cn2ncc(C#N)c12. The number of amidine groups is 1. The fraction of sp³-hybridized carbons (Fsp3) is 0.517. The number of aliphatic imine (C=N–C) groups is 1. The lowest BCUT2D eigenvalue weighted by Crippen LogP contribution is -2.72. The number of piperidine rings is 1. The van der Waals surface area contributed by atoms with Gasteiger partial charge < -0.3 is 24.4 Å². The number of carbonyl (C=O) groups excluding carboxylic acids is 1. The number of rotatable bonds is 8. The fourth-order valence-electron chi connectivity index (χ4n) is 5.68. The number of piperazine rings is 1. The molecular weight excluding hydrogens is 496 g/mol. The average Bonchev–Trinajstić information content (AvgIpc) is 3.29. The molecule has 3 aliphatic heterocycles. The van der Waals surface area contributed by atoms with Gasteiger partial charge in [-0.05, 0) is 50.8 Å². The summed E-state index contributed by atoms with van der Waals surface area (Å²) in [5, 5.41) is 24.0. The van der Waals surface area contributed by atoms with Crippen LogP contribution >= 0.6 is 0 Å². The number of hydrogen-bond donors (Lipinski definition) is 1. The van der Waals surface area contributed by atoms with Gasteiger partial charge in [0.2, 0.25) is 5.91 Å². The van der Waals surface area contributed by atoms with Crippen LogP contribution in [0.4, 0.5) is 0 Å². The number of amides is 1. The zero-order chi connectivity index (χ0) is 27.9. The molecule has 10 heteroatoms. The van der Waals surface area contributed by atoms with Gasteiger partial charge in [0.15, 0.2) is 0 Å². The Kier molecular flexibility index (Phi) is 7.23. The number of nitriles is 1. The quantitative estimate of drug-likeness (QED) is 0.316. The lowest BCUT2D eigenvalue weighted by molar-refractivity contribution is -0.163. The minimum absolute atomic E-state index is 0.0937. The van der Waals surface area contributed by atoms with Crippen molar-refractivity contribution in [3.05, 3.63) is 48.3 Å². The molecule has 3 saturated heterocycles. The highest BCUT2D eigenvalue weighted by Gasteiger charge is 2.50. The maximum absolute atomic E-state index is 13.0. The second-order valence-corrected chi connectivity index (χ2v) is 11.3. The molecule has 0 aromatic carbocycles. The molecule has 2 bridgehead atoms. The number of allylic oxidation sites excluding steroid dienone is 2. The van der Waals surface area contributed by atoms with Crippen molar-refractivity contribution in [2.75, 3.05) is 33.9 Å². The van der Waals surface area contributed by atoms with E-state index in [1.807, 2.05) is 18.2 Å².